The summed E-state index contributed by atoms with van der Waals surface area (Å²) < 4.78 is 0. The lowest BCUT2D eigenvalue weighted by Gasteiger charge is -1.93. The van der Waals surface area contributed by atoms with E-state index < -0.39 is 0 Å². The molecule has 0 radical (unpaired) electrons. The summed E-state index contributed by atoms with van der Waals surface area (Å²) in [5.41, 5.74) is 0.884. The van der Waals surface area contributed by atoms with Crippen molar-refractivity contribution in [2.24, 2.45) is 4.99 Å². The second-order valence-electron chi connectivity index (χ2n) is 2.38. The highest BCUT2D eigenvalue weighted by atomic mass is 16.2. The molecule has 0 aromatic heterocycles. The molecule has 2 rings (SSSR count). The molecule has 1 aliphatic rings. The summed E-state index contributed by atoms with van der Waals surface area (Å²) in [7, 11) is 0. The Hall–Kier alpha value is -1.57. The molecule has 0 amide bonds. The molecule has 1 aromatic carbocycles. The van der Waals surface area contributed by atoms with Crippen LogP contribution in [0.3, 0.4) is 0 Å². The lowest BCUT2D eigenvalue weighted by molar-refractivity contribution is -0.229. The molecule has 0 saturated carbocycles. The van der Waals surface area contributed by atoms with Crippen LogP contribution in [0.2, 0.25) is 0 Å². The first-order chi connectivity index (χ1) is 5.40. The van der Waals surface area contributed by atoms with Gasteiger partial charge in [0.1, 0.15) is 0 Å². The first-order valence-corrected chi connectivity index (χ1v) is 3.37. The standard InChI is InChI=1S/C9H7NO/c11-6-7-1-2-8-3-4-10-9(8)5-7/h1-6,11H/p-1. The summed E-state index contributed by atoms with van der Waals surface area (Å²) in [6.07, 6.45) is 4.48. The molecule has 0 N–H and O–H groups in total. The number of hydrogen-bond donors (Lipinski definition) is 0. The molecule has 1 heterocycles. The number of rotatable bonds is 0. The summed E-state index contributed by atoms with van der Waals surface area (Å²) in [6, 6.07) is 5.46. The van der Waals surface area contributed by atoms with Crippen molar-refractivity contribution < 1.29 is 5.11 Å². The summed E-state index contributed by atoms with van der Waals surface area (Å²) in [4.78, 5) is 4.07. The average Bonchev–Trinajstić information content (AvgIpc) is 2.50. The maximum absolute atomic E-state index is 10.3. The highest BCUT2D eigenvalue weighted by Crippen LogP contribution is 2.02. The Morgan fingerprint density at radius 2 is 2.27 bits per heavy atom. The van der Waals surface area contributed by atoms with Crippen LogP contribution < -0.4 is 15.5 Å². The van der Waals surface area contributed by atoms with Crippen LogP contribution in [0.25, 0.3) is 12.3 Å². The maximum Gasteiger partial charge on any atom is 0.0708 e. The van der Waals surface area contributed by atoms with Crippen molar-refractivity contribution in [1.82, 2.24) is 0 Å². The van der Waals surface area contributed by atoms with E-state index >= 15 is 0 Å². The van der Waals surface area contributed by atoms with Gasteiger partial charge in [0.05, 0.1) is 5.69 Å². The molecule has 0 saturated heterocycles. The highest BCUT2D eigenvalue weighted by molar-refractivity contribution is 5.96. The van der Waals surface area contributed by atoms with Crippen molar-refractivity contribution in [2.45, 2.75) is 0 Å². The molecule has 11 heavy (non-hydrogen) atoms. The van der Waals surface area contributed by atoms with Gasteiger partial charge in [-0.2, -0.15) is 0 Å². The lowest BCUT2D eigenvalue weighted by atomic mass is 10.2. The zero-order valence-corrected chi connectivity index (χ0v) is 5.82. The van der Waals surface area contributed by atoms with E-state index in [9.17, 15) is 5.11 Å². The number of fused-ring (bicyclic) bond motifs is 1. The van der Waals surface area contributed by atoms with Crippen LogP contribution in [0.1, 0.15) is 0 Å². The fourth-order valence-corrected chi connectivity index (χ4v) is 1.08. The molecule has 54 valence electrons. The van der Waals surface area contributed by atoms with Gasteiger partial charge in [0.2, 0.25) is 0 Å². The van der Waals surface area contributed by atoms with E-state index in [4.69, 9.17) is 0 Å². The molecular formula is C9H6NO-. The van der Waals surface area contributed by atoms with E-state index in [1.807, 2.05) is 12.1 Å². The van der Waals surface area contributed by atoms with Crippen LogP contribution in [-0.4, -0.2) is 6.21 Å². The largest absolute Gasteiger partial charge is 0.877 e. The van der Waals surface area contributed by atoms with Crippen LogP contribution in [0.15, 0.2) is 23.2 Å². The van der Waals surface area contributed by atoms with Gasteiger partial charge in [-0.15, -0.1) is 6.26 Å². The predicted octanol–water partition coefficient (Wildman–Crippen LogP) is -0.719. The minimum Gasteiger partial charge on any atom is -0.877 e. The molecule has 0 fully saturated rings. The molecule has 1 aromatic rings. The summed E-state index contributed by atoms with van der Waals surface area (Å²) in [6.45, 7) is 0. The molecule has 0 spiro atoms. The van der Waals surface area contributed by atoms with Crippen LogP contribution in [0.4, 0.5) is 5.69 Å². The first-order valence-electron chi connectivity index (χ1n) is 3.37. The molecule has 0 unspecified atom stereocenters. The minimum absolute atomic E-state index is 0.677. The van der Waals surface area contributed by atoms with Crippen LogP contribution in [0, 0.1) is 0 Å². The Morgan fingerprint density at radius 1 is 1.36 bits per heavy atom. The van der Waals surface area contributed by atoms with E-state index in [0.29, 0.717) is 5.22 Å². The zero-order chi connectivity index (χ0) is 7.68. The zero-order valence-electron chi connectivity index (χ0n) is 5.82. The van der Waals surface area contributed by atoms with Gasteiger partial charge in [0.15, 0.2) is 0 Å². The summed E-state index contributed by atoms with van der Waals surface area (Å²) in [5, 5.41) is 12.1. The third-order valence-corrected chi connectivity index (χ3v) is 1.66. The summed E-state index contributed by atoms with van der Waals surface area (Å²) in [5.74, 6) is 0. The Bertz CT molecular complexity index is 418. The van der Waals surface area contributed by atoms with Gasteiger partial charge in [-0.05, 0) is 17.4 Å². The molecule has 0 aliphatic carbocycles. The van der Waals surface area contributed by atoms with Gasteiger partial charge in [-0.25, -0.2) is 0 Å². The third kappa shape index (κ3) is 0.923. The number of nitrogens with zero attached hydrogens (tertiary/aromatic N) is 1. The minimum atomic E-state index is 0.677. The second-order valence-corrected chi connectivity index (χ2v) is 2.38. The topological polar surface area (TPSA) is 35.4 Å². The van der Waals surface area contributed by atoms with E-state index in [0.717, 1.165) is 17.2 Å². The van der Waals surface area contributed by atoms with Gasteiger partial charge in [-0.3, -0.25) is 4.99 Å². The van der Waals surface area contributed by atoms with Gasteiger partial charge in [0, 0.05) is 11.4 Å². The van der Waals surface area contributed by atoms with Gasteiger partial charge >= 0.3 is 0 Å². The molecule has 0 atom stereocenters. The molecule has 2 nitrogen and oxygen atoms in total. The SMILES string of the molecule is [O-]C=c1ccc2c(c1)N=CC=2. The normalized spacial score (nSPS) is 14.7. The van der Waals surface area contributed by atoms with E-state index in [1.165, 1.54) is 0 Å². The number of hydrogen-bond acceptors (Lipinski definition) is 2. The third-order valence-electron chi connectivity index (χ3n) is 1.66. The fraction of sp³-hybridized carbons (Fsp3) is 0. The van der Waals surface area contributed by atoms with E-state index in [-0.39, 0.29) is 0 Å². The summed E-state index contributed by atoms with van der Waals surface area (Å²) >= 11 is 0. The van der Waals surface area contributed by atoms with Crippen molar-refractivity contribution in [3.8, 4) is 0 Å². The molecular weight excluding hydrogens is 138 g/mol. The molecule has 2 heteroatoms. The van der Waals surface area contributed by atoms with Crippen molar-refractivity contribution in [3.05, 3.63) is 28.6 Å². The fourth-order valence-electron chi connectivity index (χ4n) is 1.08. The Morgan fingerprint density at radius 3 is 3.09 bits per heavy atom. The Kier molecular flexibility index (Phi) is 1.25. The predicted molar refractivity (Wildman–Crippen MR) is 42.8 cm³/mol. The van der Waals surface area contributed by atoms with E-state index in [2.05, 4.69) is 4.99 Å². The smallest absolute Gasteiger partial charge is 0.0708 e. The average molecular weight is 144 g/mol. The molecule has 0 bridgehead atoms. The quantitative estimate of drug-likeness (QED) is 0.473. The van der Waals surface area contributed by atoms with Gasteiger partial charge in [0.25, 0.3) is 0 Å². The highest BCUT2D eigenvalue weighted by Gasteiger charge is 1.94. The lowest BCUT2D eigenvalue weighted by Crippen LogP contribution is -2.09. The van der Waals surface area contributed by atoms with Crippen molar-refractivity contribution >= 4 is 24.2 Å². The van der Waals surface area contributed by atoms with Gasteiger partial charge < -0.3 is 5.11 Å². The van der Waals surface area contributed by atoms with Gasteiger partial charge in [-0.1, -0.05) is 12.1 Å². The Labute approximate surface area is 63.8 Å². The number of aliphatic imine (C=N–C) groups is 1. The van der Waals surface area contributed by atoms with Crippen LogP contribution in [0.5, 0.6) is 0 Å². The second kappa shape index (κ2) is 2.23. The molecule has 1 aliphatic heterocycles. The van der Waals surface area contributed by atoms with Crippen LogP contribution in [-0.2, 0) is 0 Å². The number of benzene rings is 1. The van der Waals surface area contributed by atoms with Crippen molar-refractivity contribution in [1.29, 1.82) is 0 Å². The Balaban J connectivity index is 2.79. The van der Waals surface area contributed by atoms with Crippen LogP contribution >= 0.6 is 0 Å². The van der Waals surface area contributed by atoms with E-state index in [1.54, 1.807) is 18.3 Å². The van der Waals surface area contributed by atoms with Crippen molar-refractivity contribution in [3.63, 3.8) is 0 Å². The monoisotopic (exact) mass is 144 g/mol. The first kappa shape index (κ1) is 6.16. The van der Waals surface area contributed by atoms with Crippen molar-refractivity contribution in [2.75, 3.05) is 0 Å². The maximum atomic E-state index is 10.3.